The molecule has 0 unspecified atom stereocenters. The summed E-state index contributed by atoms with van der Waals surface area (Å²) in [4.78, 5) is 8.46. The molecule has 0 amide bonds. The Morgan fingerprint density at radius 1 is 1.00 bits per heavy atom. The number of halogens is 2. The normalized spacial score (nSPS) is 10.5. The summed E-state index contributed by atoms with van der Waals surface area (Å²) < 4.78 is 0. The molecule has 2 N–H and O–H groups in total. The van der Waals surface area contributed by atoms with E-state index in [4.69, 9.17) is 28.9 Å². The monoisotopic (exact) mass is 267 g/mol. The molecule has 1 aromatic heterocycles. The maximum absolute atomic E-state index is 5.94. The Bertz CT molecular complexity index is 512. The highest BCUT2D eigenvalue weighted by Crippen LogP contribution is 2.23. The number of hydrogen-bond acceptors (Lipinski definition) is 3. The number of aromatic nitrogens is 2. The lowest BCUT2D eigenvalue weighted by Crippen LogP contribution is -2.01. The van der Waals surface area contributed by atoms with E-state index in [0.29, 0.717) is 23.0 Å². The van der Waals surface area contributed by atoms with Crippen LogP contribution in [0, 0.1) is 0 Å². The molecule has 1 heterocycles. The van der Waals surface area contributed by atoms with Gasteiger partial charge in [0, 0.05) is 30.9 Å². The van der Waals surface area contributed by atoms with E-state index in [0.717, 1.165) is 17.0 Å². The quantitative estimate of drug-likeness (QED) is 0.931. The van der Waals surface area contributed by atoms with E-state index in [9.17, 15) is 0 Å². The first-order valence-electron chi connectivity index (χ1n) is 5.13. The Morgan fingerprint density at radius 3 is 2.29 bits per heavy atom. The molecule has 0 saturated carbocycles. The highest BCUT2D eigenvalue weighted by atomic mass is 35.5. The SMILES string of the molecule is NCc1cnc(Cc2ccc(Cl)c(Cl)c2)nc1. The van der Waals surface area contributed by atoms with Gasteiger partial charge < -0.3 is 5.73 Å². The molecule has 5 heteroatoms. The minimum absolute atomic E-state index is 0.451. The van der Waals surface area contributed by atoms with E-state index in [-0.39, 0.29) is 0 Å². The second kappa shape index (κ2) is 5.45. The van der Waals surface area contributed by atoms with Gasteiger partial charge in [-0.25, -0.2) is 9.97 Å². The first-order valence-corrected chi connectivity index (χ1v) is 5.88. The number of hydrogen-bond donors (Lipinski definition) is 1. The van der Waals surface area contributed by atoms with Crippen molar-refractivity contribution < 1.29 is 0 Å². The second-order valence-corrected chi connectivity index (χ2v) is 4.45. The Kier molecular flexibility index (Phi) is 3.94. The van der Waals surface area contributed by atoms with Gasteiger partial charge in [-0.3, -0.25) is 0 Å². The number of nitrogens with two attached hydrogens (primary N) is 1. The summed E-state index contributed by atoms with van der Waals surface area (Å²) in [5.74, 6) is 0.737. The molecule has 88 valence electrons. The average Bonchev–Trinajstić information content (AvgIpc) is 2.35. The van der Waals surface area contributed by atoms with Crippen molar-refractivity contribution in [1.82, 2.24) is 9.97 Å². The molecule has 0 bridgehead atoms. The van der Waals surface area contributed by atoms with Crippen molar-refractivity contribution in [1.29, 1.82) is 0 Å². The van der Waals surface area contributed by atoms with E-state index < -0.39 is 0 Å². The van der Waals surface area contributed by atoms with Gasteiger partial charge in [-0.2, -0.15) is 0 Å². The van der Waals surface area contributed by atoms with Crippen LogP contribution in [0.3, 0.4) is 0 Å². The molecule has 0 spiro atoms. The van der Waals surface area contributed by atoms with Crippen molar-refractivity contribution in [2.45, 2.75) is 13.0 Å². The molecule has 0 atom stereocenters. The molecular formula is C12H11Cl2N3. The van der Waals surface area contributed by atoms with Crippen LogP contribution < -0.4 is 5.73 Å². The summed E-state index contributed by atoms with van der Waals surface area (Å²) in [7, 11) is 0. The largest absolute Gasteiger partial charge is 0.326 e. The topological polar surface area (TPSA) is 51.8 Å². The van der Waals surface area contributed by atoms with Crippen molar-refractivity contribution in [3.63, 3.8) is 0 Å². The summed E-state index contributed by atoms with van der Waals surface area (Å²) in [6, 6.07) is 5.51. The van der Waals surface area contributed by atoms with Gasteiger partial charge in [-0.1, -0.05) is 29.3 Å². The average molecular weight is 268 g/mol. The van der Waals surface area contributed by atoms with Gasteiger partial charge in [-0.05, 0) is 17.7 Å². The Hall–Kier alpha value is -1.16. The van der Waals surface area contributed by atoms with Crippen molar-refractivity contribution in [3.8, 4) is 0 Å². The van der Waals surface area contributed by atoms with Gasteiger partial charge in [0.15, 0.2) is 0 Å². The molecule has 0 fully saturated rings. The lowest BCUT2D eigenvalue weighted by atomic mass is 10.1. The lowest BCUT2D eigenvalue weighted by Gasteiger charge is -2.03. The summed E-state index contributed by atoms with van der Waals surface area (Å²) in [5, 5.41) is 1.09. The van der Waals surface area contributed by atoms with Crippen LogP contribution in [-0.4, -0.2) is 9.97 Å². The van der Waals surface area contributed by atoms with E-state index in [1.54, 1.807) is 18.5 Å². The molecule has 2 rings (SSSR count). The predicted molar refractivity (Wildman–Crippen MR) is 69.2 cm³/mol. The zero-order valence-corrected chi connectivity index (χ0v) is 10.5. The van der Waals surface area contributed by atoms with Crippen LogP contribution in [-0.2, 0) is 13.0 Å². The van der Waals surface area contributed by atoms with E-state index in [1.807, 2.05) is 12.1 Å². The van der Waals surface area contributed by atoms with Crippen LogP contribution in [0.4, 0.5) is 0 Å². The summed E-state index contributed by atoms with van der Waals surface area (Å²) in [5.41, 5.74) is 7.42. The first kappa shape index (κ1) is 12.3. The fourth-order valence-electron chi connectivity index (χ4n) is 1.41. The van der Waals surface area contributed by atoms with E-state index in [1.165, 1.54) is 0 Å². The van der Waals surface area contributed by atoms with E-state index in [2.05, 4.69) is 9.97 Å². The molecule has 17 heavy (non-hydrogen) atoms. The molecule has 0 radical (unpaired) electrons. The molecule has 0 aliphatic carbocycles. The van der Waals surface area contributed by atoms with Crippen molar-refractivity contribution >= 4 is 23.2 Å². The van der Waals surface area contributed by atoms with Crippen LogP contribution in [0.25, 0.3) is 0 Å². The Morgan fingerprint density at radius 2 is 1.71 bits per heavy atom. The van der Waals surface area contributed by atoms with Gasteiger partial charge in [-0.15, -0.1) is 0 Å². The van der Waals surface area contributed by atoms with Gasteiger partial charge >= 0.3 is 0 Å². The molecule has 2 aromatic rings. The van der Waals surface area contributed by atoms with Crippen LogP contribution in [0.15, 0.2) is 30.6 Å². The lowest BCUT2D eigenvalue weighted by molar-refractivity contribution is 0.925. The van der Waals surface area contributed by atoms with Crippen molar-refractivity contribution in [2.24, 2.45) is 5.73 Å². The molecule has 0 aliphatic rings. The zero-order chi connectivity index (χ0) is 12.3. The first-order chi connectivity index (χ1) is 8.19. The molecule has 3 nitrogen and oxygen atoms in total. The number of rotatable bonds is 3. The second-order valence-electron chi connectivity index (χ2n) is 3.64. The van der Waals surface area contributed by atoms with Crippen molar-refractivity contribution in [2.75, 3.05) is 0 Å². The standard InChI is InChI=1S/C12H11Cl2N3/c13-10-2-1-8(3-11(10)14)4-12-16-6-9(5-15)7-17-12/h1-3,6-7H,4-5,15H2. The zero-order valence-electron chi connectivity index (χ0n) is 9.03. The Labute approximate surface area is 110 Å². The third-order valence-corrected chi connectivity index (χ3v) is 3.08. The molecule has 0 saturated heterocycles. The predicted octanol–water partition coefficient (Wildman–Crippen LogP) is 2.83. The highest BCUT2D eigenvalue weighted by Gasteiger charge is 2.03. The van der Waals surface area contributed by atoms with Gasteiger partial charge in [0.05, 0.1) is 10.0 Å². The maximum Gasteiger partial charge on any atom is 0.132 e. The molecule has 1 aromatic carbocycles. The fourth-order valence-corrected chi connectivity index (χ4v) is 1.73. The number of benzene rings is 1. The molecular weight excluding hydrogens is 257 g/mol. The fraction of sp³-hybridized carbons (Fsp3) is 0.167. The maximum atomic E-state index is 5.94. The minimum atomic E-state index is 0.451. The third-order valence-electron chi connectivity index (χ3n) is 2.34. The van der Waals surface area contributed by atoms with Crippen LogP contribution >= 0.6 is 23.2 Å². The minimum Gasteiger partial charge on any atom is -0.326 e. The van der Waals surface area contributed by atoms with Crippen LogP contribution in [0.1, 0.15) is 17.0 Å². The third kappa shape index (κ3) is 3.16. The summed E-state index contributed by atoms with van der Waals surface area (Å²) in [6.45, 7) is 0.451. The van der Waals surface area contributed by atoms with E-state index >= 15 is 0 Å². The van der Waals surface area contributed by atoms with Crippen LogP contribution in [0.2, 0.25) is 10.0 Å². The van der Waals surface area contributed by atoms with Crippen LogP contribution in [0.5, 0.6) is 0 Å². The summed E-state index contributed by atoms with van der Waals surface area (Å²) >= 11 is 11.8. The van der Waals surface area contributed by atoms with Gasteiger partial charge in [0.1, 0.15) is 5.82 Å². The Balaban J connectivity index is 2.16. The molecule has 0 aliphatic heterocycles. The van der Waals surface area contributed by atoms with Gasteiger partial charge in [0.25, 0.3) is 0 Å². The number of nitrogens with zero attached hydrogens (tertiary/aromatic N) is 2. The smallest absolute Gasteiger partial charge is 0.132 e. The highest BCUT2D eigenvalue weighted by molar-refractivity contribution is 6.42. The van der Waals surface area contributed by atoms with Crippen molar-refractivity contribution in [3.05, 3.63) is 57.6 Å². The summed E-state index contributed by atoms with van der Waals surface area (Å²) in [6.07, 6.45) is 4.10. The van der Waals surface area contributed by atoms with Gasteiger partial charge in [0.2, 0.25) is 0 Å².